The molecule has 0 spiro atoms. The van der Waals surface area contributed by atoms with Crippen molar-refractivity contribution in [2.75, 3.05) is 0 Å². The Labute approximate surface area is 220 Å². The van der Waals surface area contributed by atoms with Crippen molar-refractivity contribution in [2.24, 2.45) is 0 Å². The summed E-state index contributed by atoms with van der Waals surface area (Å²) in [5, 5.41) is 10.1. The number of benzene rings is 4. The zero-order chi connectivity index (χ0) is 26.5. The molecule has 190 valence electrons. The van der Waals surface area contributed by atoms with Crippen molar-refractivity contribution in [1.29, 1.82) is 0 Å². The van der Waals surface area contributed by atoms with Crippen molar-refractivity contribution in [3.8, 4) is 5.75 Å². The van der Waals surface area contributed by atoms with Crippen LogP contribution in [0.15, 0.2) is 91.0 Å². The molecule has 3 heteroatoms. The lowest BCUT2D eigenvalue weighted by atomic mass is 9.81. The summed E-state index contributed by atoms with van der Waals surface area (Å²) in [4.78, 5) is 12.3. The summed E-state index contributed by atoms with van der Waals surface area (Å²) < 4.78 is 6.17. The van der Waals surface area contributed by atoms with E-state index < -0.39 is 5.97 Å². The fourth-order valence-electron chi connectivity index (χ4n) is 4.78. The molecule has 37 heavy (non-hydrogen) atoms. The number of carbonyl (C=O) groups is 1. The second-order valence-electron chi connectivity index (χ2n) is 10.2. The Balaban J connectivity index is 1.67. The highest BCUT2D eigenvalue weighted by molar-refractivity contribution is 5.91. The van der Waals surface area contributed by atoms with Crippen LogP contribution in [-0.4, -0.2) is 11.1 Å². The van der Waals surface area contributed by atoms with E-state index in [4.69, 9.17) is 4.74 Å². The summed E-state index contributed by atoms with van der Waals surface area (Å²) in [6, 6.07) is 31.0. The summed E-state index contributed by atoms with van der Waals surface area (Å²) in [6.45, 7) is 10.4. The van der Waals surface area contributed by atoms with E-state index in [1.165, 1.54) is 27.8 Å². The molecule has 3 unspecified atom stereocenters. The van der Waals surface area contributed by atoms with E-state index >= 15 is 0 Å². The molecule has 4 rings (SSSR count). The molecule has 3 nitrogen and oxygen atoms in total. The number of ether oxygens (including phenoxy) is 1. The Morgan fingerprint density at radius 1 is 0.676 bits per heavy atom. The molecule has 0 heterocycles. The zero-order valence-electron chi connectivity index (χ0n) is 22.4. The van der Waals surface area contributed by atoms with E-state index in [-0.39, 0.29) is 17.6 Å². The molecular weight excluding hydrogens is 456 g/mol. The number of hydrogen-bond acceptors (Lipinski definition) is 2. The third-order valence-electron chi connectivity index (χ3n) is 7.20. The Kier molecular flexibility index (Phi) is 8.13. The molecule has 3 atom stereocenters. The largest absolute Gasteiger partial charge is 0.485 e. The zero-order valence-corrected chi connectivity index (χ0v) is 22.4. The van der Waals surface area contributed by atoms with Crippen LogP contribution in [0.4, 0.5) is 0 Å². The van der Waals surface area contributed by atoms with Gasteiger partial charge in [0.1, 0.15) is 17.4 Å². The van der Waals surface area contributed by atoms with E-state index in [0.29, 0.717) is 11.7 Å². The molecule has 0 radical (unpaired) electrons. The molecule has 0 aliphatic heterocycles. The summed E-state index contributed by atoms with van der Waals surface area (Å²) in [6.07, 6.45) is 0.601. The van der Waals surface area contributed by atoms with Crippen LogP contribution in [0.1, 0.15) is 87.5 Å². The molecule has 1 N–H and O–H groups in total. The van der Waals surface area contributed by atoms with Crippen molar-refractivity contribution in [1.82, 2.24) is 0 Å². The lowest BCUT2D eigenvalue weighted by molar-refractivity contribution is 0.0689. The van der Waals surface area contributed by atoms with Crippen LogP contribution in [-0.2, 0) is 0 Å². The summed E-state index contributed by atoms with van der Waals surface area (Å²) in [5.74, 6) is -0.239. The first kappa shape index (κ1) is 26.2. The van der Waals surface area contributed by atoms with E-state index in [1.807, 2.05) is 50.2 Å². The van der Waals surface area contributed by atoms with Crippen molar-refractivity contribution >= 4 is 5.97 Å². The van der Waals surface area contributed by atoms with Gasteiger partial charge in [0.2, 0.25) is 0 Å². The molecule has 0 aromatic heterocycles. The maximum atomic E-state index is 12.3. The third-order valence-corrected chi connectivity index (χ3v) is 7.20. The predicted molar refractivity (Wildman–Crippen MR) is 151 cm³/mol. The number of carboxylic acids is 1. The van der Waals surface area contributed by atoms with Crippen molar-refractivity contribution < 1.29 is 14.6 Å². The van der Waals surface area contributed by atoms with Gasteiger partial charge in [0.15, 0.2) is 0 Å². The van der Waals surface area contributed by atoms with Gasteiger partial charge in [0.05, 0.1) is 0 Å². The molecule has 4 aromatic rings. The lowest BCUT2D eigenvalue weighted by Gasteiger charge is -2.24. The van der Waals surface area contributed by atoms with Crippen LogP contribution in [0.25, 0.3) is 0 Å². The highest BCUT2D eigenvalue weighted by Gasteiger charge is 2.23. The SMILES string of the molecule is Cc1ccc(C(C)CC(c2ccc(C)cc2)c2ccc(OC(C)c3ccc(C)cc3)c(C(=O)O)c2)cc1. The fourth-order valence-corrected chi connectivity index (χ4v) is 4.78. The van der Waals surface area contributed by atoms with Gasteiger partial charge in [-0.15, -0.1) is 0 Å². The molecule has 0 saturated carbocycles. The Morgan fingerprint density at radius 2 is 1.14 bits per heavy atom. The van der Waals surface area contributed by atoms with Gasteiger partial charge in [-0.1, -0.05) is 102 Å². The van der Waals surface area contributed by atoms with Gasteiger partial charge in [-0.05, 0) is 74.4 Å². The molecule has 0 bridgehead atoms. The summed E-state index contributed by atoms with van der Waals surface area (Å²) >= 11 is 0. The number of aromatic carboxylic acids is 1. The van der Waals surface area contributed by atoms with Gasteiger partial charge in [0, 0.05) is 5.92 Å². The highest BCUT2D eigenvalue weighted by Crippen LogP contribution is 2.37. The van der Waals surface area contributed by atoms with E-state index in [2.05, 4.69) is 69.3 Å². The van der Waals surface area contributed by atoms with E-state index in [9.17, 15) is 9.90 Å². The van der Waals surface area contributed by atoms with E-state index in [0.717, 1.165) is 17.5 Å². The summed E-state index contributed by atoms with van der Waals surface area (Å²) in [7, 11) is 0. The number of carboxylic acid groups (broad SMARTS) is 1. The molecule has 4 aromatic carbocycles. The maximum absolute atomic E-state index is 12.3. The lowest BCUT2D eigenvalue weighted by Crippen LogP contribution is -2.11. The van der Waals surface area contributed by atoms with E-state index in [1.54, 1.807) is 6.07 Å². The maximum Gasteiger partial charge on any atom is 0.339 e. The van der Waals surface area contributed by atoms with Crippen LogP contribution in [0.3, 0.4) is 0 Å². The van der Waals surface area contributed by atoms with Gasteiger partial charge in [0.25, 0.3) is 0 Å². The van der Waals surface area contributed by atoms with Crippen LogP contribution in [0, 0.1) is 20.8 Å². The van der Waals surface area contributed by atoms with Gasteiger partial charge in [-0.25, -0.2) is 4.79 Å². The Hall–Kier alpha value is -3.85. The van der Waals surface area contributed by atoms with Crippen molar-refractivity contribution in [3.63, 3.8) is 0 Å². The number of hydrogen-bond donors (Lipinski definition) is 1. The second-order valence-corrected chi connectivity index (χ2v) is 10.2. The Bertz CT molecular complexity index is 1340. The first-order chi connectivity index (χ1) is 17.7. The quantitative estimate of drug-likeness (QED) is 0.254. The second kappa shape index (κ2) is 11.5. The predicted octanol–water partition coefficient (Wildman–Crippen LogP) is 8.78. The minimum absolute atomic E-state index is 0.0542. The molecular formula is C34H36O3. The van der Waals surface area contributed by atoms with Gasteiger partial charge >= 0.3 is 5.97 Å². The third kappa shape index (κ3) is 6.48. The van der Waals surface area contributed by atoms with Crippen LogP contribution in [0.5, 0.6) is 5.75 Å². The van der Waals surface area contributed by atoms with Crippen LogP contribution >= 0.6 is 0 Å². The first-order valence-electron chi connectivity index (χ1n) is 12.9. The first-order valence-corrected chi connectivity index (χ1v) is 12.9. The molecule has 0 aliphatic rings. The average Bonchev–Trinajstić information content (AvgIpc) is 2.88. The topological polar surface area (TPSA) is 46.5 Å². The minimum Gasteiger partial charge on any atom is -0.485 e. The number of rotatable bonds is 9. The molecule has 0 amide bonds. The molecule has 0 aliphatic carbocycles. The Morgan fingerprint density at radius 3 is 1.65 bits per heavy atom. The normalized spacial score (nSPS) is 13.5. The summed E-state index contributed by atoms with van der Waals surface area (Å²) in [5.41, 5.74) is 8.27. The molecule has 0 saturated heterocycles. The monoisotopic (exact) mass is 492 g/mol. The average molecular weight is 493 g/mol. The van der Waals surface area contributed by atoms with Gasteiger partial charge < -0.3 is 9.84 Å². The fraction of sp³-hybridized carbons (Fsp3) is 0.265. The van der Waals surface area contributed by atoms with Crippen LogP contribution in [0.2, 0.25) is 0 Å². The minimum atomic E-state index is -0.984. The molecule has 0 fully saturated rings. The highest BCUT2D eigenvalue weighted by atomic mass is 16.5. The van der Waals surface area contributed by atoms with Gasteiger partial charge in [-0.3, -0.25) is 0 Å². The smallest absolute Gasteiger partial charge is 0.339 e. The van der Waals surface area contributed by atoms with Crippen molar-refractivity contribution in [3.05, 3.63) is 136 Å². The van der Waals surface area contributed by atoms with Crippen LogP contribution < -0.4 is 4.74 Å². The van der Waals surface area contributed by atoms with Crippen molar-refractivity contribution in [2.45, 2.75) is 59.0 Å². The standard InChI is InChI=1S/C34H36O3/c1-22-6-12-27(13-7-22)25(4)20-31(29-16-10-24(3)11-17-29)30-18-19-33(32(21-30)34(35)36)37-26(5)28-14-8-23(2)9-15-28/h6-19,21,25-26,31H,20H2,1-5H3,(H,35,36). The van der Waals surface area contributed by atoms with Gasteiger partial charge in [-0.2, -0.15) is 0 Å². The number of aryl methyl sites for hydroxylation is 3.